The van der Waals surface area contributed by atoms with Gasteiger partial charge in [0.2, 0.25) is 0 Å². The van der Waals surface area contributed by atoms with Crippen LogP contribution in [0.25, 0.3) is 0 Å². The number of carboxylic acid groups (broad SMARTS) is 1. The van der Waals surface area contributed by atoms with E-state index in [1.54, 1.807) is 6.26 Å². The van der Waals surface area contributed by atoms with Crippen molar-refractivity contribution in [2.75, 3.05) is 6.26 Å². The van der Waals surface area contributed by atoms with Crippen molar-refractivity contribution in [3.63, 3.8) is 0 Å². The van der Waals surface area contributed by atoms with Gasteiger partial charge in [0.05, 0.1) is 11.3 Å². The Morgan fingerprint density at radius 3 is 2.56 bits per heavy atom. The van der Waals surface area contributed by atoms with Gasteiger partial charge in [-0.3, -0.25) is 0 Å². The van der Waals surface area contributed by atoms with Gasteiger partial charge in [0.15, 0.2) is 5.17 Å². The molecule has 0 radical (unpaired) electrons. The normalized spacial score (nSPS) is 10.7. The van der Waals surface area contributed by atoms with Gasteiger partial charge in [0, 0.05) is 6.07 Å². The number of phenolic OH excluding ortho intramolecular Hbond substituents is 1. The molecule has 4 N–H and O–H groups in total. The number of phenols is 1. The summed E-state index contributed by atoms with van der Waals surface area (Å²) < 4.78 is 0. The van der Waals surface area contributed by atoms with Crippen LogP contribution in [0.15, 0.2) is 23.2 Å². The third-order valence-corrected chi connectivity index (χ3v) is 2.11. The molecule has 0 fully saturated rings. The van der Waals surface area contributed by atoms with Crippen LogP contribution in [0.3, 0.4) is 0 Å². The van der Waals surface area contributed by atoms with Crippen molar-refractivity contribution in [3.8, 4) is 5.75 Å². The first-order valence-corrected chi connectivity index (χ1v) is 5.21. The number of nitrogens with zero attached hydrogens (tertiary/aromatic N) is 1. The number of nitrogens with two attached hydrogens (primary N) is 1. The van der Waals surface area contributed by atoms with Crippen molar-refractivity contribution in [2.24, 2.45) is 10.7 Å². The highest BCUT2D eigenvalue weighted by Crippen LogP contribution is 2.22. The lowest BCUT2D eigenvalue weighted by atomic mass is 10.2. The summed E-state index contributed by atoms with van der Waals surface area (Å²) in [6, 6.07) is 3.83. The van der Waals surface area contributed by atoms with E-state index in [-0.39, 0.29) is 35.3 Å². The Bertz CT molecular complexity index is 423. The number of carboxylic acids is 1. The van der Waals surface area contributed by atoms with Gasteiger partial charge in [-0.1, -0.05) is 11.8 Å². The highest BCUT2D eigenvalue weighted by atomic mass is 127. The van der Waals surface area contributed by atoms with Gasteiger partial charge in [0.25, 0.3) is 0 Å². The molecule has 0 aliphatic carbocycles. The molecule has 0 unspecified atom stereocenters. The molecule has 88 valence electrons. The van der Waals surface area contributed by atoms with E-state index in [0.717, 1.165) is 6.07 Å². The molecule has 1 rings (SSSR count). The summed E-state index contributed by atoms with van der Waals surface area (Å²) in [4.78, 5) is 14.6. The summed E-state index contributed by atoms with van der Waals surface area (Å²) in [6.45, 7) is 0. The molecule has 0 saturated carbocycles. The van der Waals surface area contributed by atoms with Gasteiger partial charge < -0.3 is 15.9 Å². The highest BCUT2D eigenvalue weighted by Gasteiger charge is 2.06. The molecule has 0 spiro atoms. The molecule has 1 aromatic carbocycles. The number of aromatic hydroxyl groups is 1. The zero-order valence-corrected chi connectivity index (χ0v) is 11.5. The van der Waals surface area contributed by atoms with E-state index in [1.807, 2.05) is 0 Å². The van der Waals surface area contributed by atoms with E-state index in [4.69, 9.17) is 10.8 Å². The summed E-state index contributed by atoms with van der Waals surface area (Å²) in [6.07, 6.45) is 1.75. The molecule has 0 atom stereocenters. The molecule has 0 aliphatic rings. The van der Waals surface area contributed by atoms with Crippen LogP contribution >= 0.6 is 35.7 Å². The number of rotatable bonds is 2. The van der Waals surface area contributed by atoms with Crippen LogP contribution in [-0.2, 0) is 0 Å². The standard InChI is InChI=1S/C9H10N2O3S.HI/c1-15-9(10)11-6-2-5(8(13)14)3-7(12)4-6;/h2-4,12H,1H3,(H2,10,11)(H,13,14);1H. The molecular formula is C9H11IN2O3S. The van der Waals surface area contributed by atoms with Crippen molar-refractivity contribution in [3.05, 3.63) is 23.8 Å². The number of aromatic carboxylic acids is 1. The van der Waals surface area contributed by atoms with Crippen molar-refractivity contribution in [1.82, 2.24) is 0 Å². The van der Waals surface area contributed by atoms with Gasteiger partial charge in [-0.2, -0.15) is 0 Å². The predicted molar refractivity (Wildman–Crippen MR) is 75.3 cm³/mol. The van der Waals surface area contributed by atoms with Crippen LogP contribution in [0.1, 0.15) is 10.4 Å². The number of thioether (sulfide) groups is 1. The largest absolute Gasteiger partial charge is 0.508 e. The van der Waals surface area contributed by atoms with Crippen LogP contribution in [0.2, 0.25) is 0 Å². The second kappa shape index (κ2) is 6.59. The van der Waals surface area contributed by atoms with Gasteiger partial charge in [-0.25, -0.2) is 9.79 Å². The number of amidine groups is 1. The van der Waals surface area contributed by atoms with Crippen LogP contribution in [0, 0.1) is 0 Å². The quantitative estimate of drug-likeness (QED) is 0.429. The number of carbonyl (C=O) groups is 1. The van der Waals surface area contributed by atoms with E-state index < -0.39 is 5.97 Å². The Morgan fingerprint density at radius 2 is 2.06 bits per heavy atom. The molecule has 0 bridgehead atoms. The average molecular weight is 354 g/mol. The molecule has 7 heteroatoms. The molecule has 0 aliphatic heterocycles. The second-order valence-electron chi connectivity index (χ2n) is 2.70. The fourth-order valence-corrected chi connectivity index (χ4v) is 1.15. The molecular weight excluding hydrogens is 343 g/mol. The Morgan fingerprint density at radius 1 is 1.44 bits per heavy atom. The topological polar surface area (TPSA) is 95.9 Å². The first-order valence-electron chi connectivity index (χ1n) is 3.98. The van der Waals surface area contributed by atoms with E-state index in [1.165, 1.54) is 23.9 Å². The number of hydrogen-bond donors (Lipinski definition) is 3. The van der Waals surface area contributed by atoms with Crippen molar-refractivity contribution in [2.45, 2.75) is 0 Å². The fraction of sp³-hybridized carbons (Fsp3) is 0.111. The summed E-state index contributed by atoms with van der Waals surface area (Å²) in [5.41, 5.74) is 5.76. The van der Waals surface area contributed by atoms with E-state index in [2.05, 4.69) is 4.99 Å². The number of hydrogen-bond acceptors (Lipinski definition) is 4. The Kier molecular flexibility index (Phi) is 6.19. The zero-order chi connectivity index (χ0) is 11.4. The van der Waals surface area contributed by atoms with Crippen LogP contribution in [0.5, 0.6) is 5.75 Å². The minimum Gasteiger partial charge on any atom is -0.508 e. The average Bonchev–Trinajstić information content (AvgIpc) is 2.16. The molecule has 0 aromatic heterocycles. The van der Waals surface area contributed by atoms with Crippen LogP contribution < -0.4 is 5.73 Å². The van der Waals surface area contributed by atoms with Gasteiger partial charge in [-0.05, 0) is 18.4 Å². The van der Waals surface area contributed by atoms with Gasteiger partial charge >= 0.3 is 5.97 Å². The lowest BCUT2D eigenvalue weighted by molar-refractivity contribution is 0.0696. The minimum atomic E-state index is -1.12. The third-order valence-electron chi connectivity index (χ3n) is 1.60. The molecule has 16 heavy (non-hydrogen) atoms. The van der Waals surface area contributed by atoms with Crippen molar-refractivity contribution in [1.29, 1.82) is 0 Å². The maximum atomic E-state index is 10.7. The summed E-state index contributed by atoms with van der Waals surface area (Å²) in [5, 5.41) is 18.3. The van der Waals surface area contributed by atoms with E-state index in [9.17, 15) is 9.90 Å². The monoisotopic (exact) mass is 354 g/mol. The molecule has 0 heterocycles. The second-order valence-corrected chi connectivity index (χ2v) is 3.52. The summed E-state index contributed by atoms with van der Waals surface area (Å²) >= 11 is 1.24. The number of halogens is 1. The Balaban J connectivity index is 0.00000225. The first kappa shape index (κ1) is 15.0. The highest BCUT2D eigenvalue weighted by molar-refractivity contribution is 14.0. The number of benzene rings is 1. The smallest absolute Gasteiger partial charge is 0.335 e. The summed E-state index contributed by atoms with van der Waals surface area (Å²) in [7, 11) is 0. The van der Waals surface area contributed by atoms with Crippen molar-refractivity contribution < 1.29 is 15.0 Å². The maximum Gasteiger partial charge on any atom is 0.335 e. The summed E-state index contributed by atoms with van der Waals surface area (Å²) in [5.74, 6) is -1.27. The maximum absolute atomic E-state index is 10.7. The van der Waals surface area contributed by atoms with Gasteiger partial charge in [0.1, 0.15) is 5.75 Å². The van der Waals surface area contributed by atoms with E-state index >= 15 is 0 Å². The SMILES string of the molecule is CSC(N)=Nc1cc(O)cc(C(=O)O)c1.I. The third kappa shape index (κ3) is 4.27. The Labute approximate surface area is 114 Å². The molecule has 5 nitrogen and oxygen atoms in total. The fourth-order valence-electron chi connectivity index (χ4n) is 0.956. The molecule has 1 aromatic rings. The first-order chi connectivity index (χ1) is 7.02. The number of aliphatic imine (C=N–C) groups is 1. The van der Waals surface area contributed by atoms with Crippen LogP contribution in [0.4, 0.5) is 5.69 Å². The lowest BCUT2D eigenvalue weighted by Crippen LogP contribution is -2.04. The molecule has 0 amide bonds. The lowest BCUT2D eigenvalue weighted by Gasteiger charge is -2.00. The van der Waals surface area contributed by atoms with Crippen molar-refractivity contribution >= 4 is 52.6 Å². The minimum absolute atomic E-state index is 0. The molecule has 0 saturated heterocycles. The van der Waals surface area contributed by atoms with Gasteiger partial charge in [-0.15, -0.1) is 24.0 Å². The van der Waals surface area contributed by atoms with Crippen LogP contribution in [-0.4, -0.2) is 27.6 Å². The Hall–Kier alpha value is -0.960. The van der Waals surface area contributed by atoms with E-state index in [0.29, 0.717) is 10.9 Å². The zero-order valence-electron chi connectivity index (χ0n) is 8.38. The predicted octanol–water partition coefficient (Wildman–Crippen LogP) is 2.02.